The molecule has 1 rings (SSSR count). The van der Waals surface area contributed by atoms with E-state index >= 15 is 0 Å². The van der Waals surface area contributed by atoms with E-state index in [1.54, 1.807) is 6.92 Å². The molecule has 1 aromatic heterocycles. The highest BCUT2D eigenvalue weighted by molar-refractivity contribution is 6.32. The van der Waals surface area contributed by atoms with Crippen LogP contribution in [-0.4, -0.2) is 22.5 Å². The number of nitrogens with one attached hydrogen (secondary N) is 1. The van der Waals surface area contributed by atoms with E-state index in [4.69, 9.17) is 11.6 Å². The van der Waals surface area contributed by atoms with Crippen molar-refractivity contribution in [3.05, 3.63) is 21.6 Å². The molecular formula is C8H9ClF3N3O. The zero-order chi connectivity index (χ0) is 12.3. The summed E-state index contributed by atoms with van der Waals surface area (Å²) in [5, 5.41) is 5.37. The summed E-state index contributed by atoms with van der Waals surface area (Å²) >= 11 is 5.60. The molecule has 0 unspecified atom stereocenters. The average molecular weight is 256 g/mol. The molecule has 16 heavy (non-hydrogen) atoms. The second-order valence-electron chi connectivity index (χ2n) is 2.96. The fraction of sp³-hybridized carbons (Fsp3) is 0.500. The zero-order valence-electron chi connectivity index (χ0n) is 8.31. The summed E-state index contributed by atoms with van der Waals surface area (Å²) in [6, 6.07) is 0. The van der Waals surface area contributed by atoms with Crippen LogP contribution in [0.25, 0.3) is 0 Å². The van der Waals surface area contributed by atoms with Crippen molar-refractivity contribution >= 4 is 17.3 Å². The van der Waals surface area contributed by atoms with E-state index in [-0.39, 0.29) is 10.7 Å². The number of aromatic nitrogens is 2. The van der Waals surface area contributed by atoms with Crippen molar-refractivity contribution in [1.82, 2.24) is 9.78 Å². The van der Waals surface area contributed by atoms with Crippen molar-refractivity contribution in [2.75, 3.05) is 11.9 Å². The molecule has 0 aliphatic heterocycles. The molecule has 0 radical (unpaired) electrons. The number of rotatable bonds is 3. The summed E-state index contributed by atoms with van der Waals surface area (Å²) in [4.78, 5) is 11.4. The maximum Gasteiger partial charge on any atom is 0.405 e. The van der Waals surface area contributed by atoms with E-state index in [0.29, 0.717) is 6.54 Å². The highest BCUT2D eigenvalue weighted by Gasteiger charge is 2.27. The first-order valence-corrected chi connectivity index (χ1v) is 4.79. The first-order chi connectivity index (χ1) is 7.35. The molecule has 90 valence electrons. The van der Waals surface area contributed by atoms with Crippen molar-refractivity contribution in [2.24, 2.45) is 0 Å². The molecule has 1 heterocycles. The Bertz CT molecular complexity index is 430. The quantitative estimate of drug-likeness (QED) is 0.897. The Morgan fingerprint density at radius 3 is 2.69 bits per heavy atom. The van der Waals surface area contributed by atoms with Crippen molar-refractivity contribution in [3.8, 4) is 0 Å². The van der Waals surface area contributed by atoms with E-state index in [9.17, 15) is 18.0 Å². The van der Waals surface area contributed by atoms with Crippen LogP contribution in [-0.2, 0) is 6.54 Å². The Hall–Kier alpha value is -1.24. The monoisotopic (exact) mass is 255 g/mol. The minimum atomic E-state index is -4.37. The third kappa shape index (κ3) is 3.13. The van der Waals surface area contributed by atoms with Gasteiger partial charge in [0, 0.05) is 6.54 Å². The Labute approximate surface area is 94.0 Å². The van der Waals surface area contributed by atoms with Crippen LogP contribution in [0.1, 0.15) is 6.92 Å². The van der Waals surface area contributed by atoms with Crippen molar-refractivity contribution in [3.63, 3.8) is 0 Å². The van der Waals surface area contributed by atoms with Crippen molar-refractivity contribution < 1.29 is 13.2 Å². The summed E-state index contributed by atoms with van der Waals surface area (Å²) in [7, 11) is 0. The Morgan fingerprint density at radius 2 is 2.19 bits per heavy atom. The average Bonchev–Trinajstić information content (AvgIpc) is 2.19. The predicted octanol–water partition coefficient (Wildman–Crippen LogP) is 1.89. The number of nitrogens with zero attached hydrogens (tertiary/aromatic N) is 2. The maximum absolute atomic E-state index is 11.9. The minimum Gasteiger partial charge on any atom is -0.374 e. The Balaban J connectivity index is 2.91. The predicted molar refractivity (Wildman–Crippen MR) is 53.7 cm³/mol. The van der Waals surface area contributed by atoms with E-state index in [1.807, 2.05) is 5.32 Å². The minimum absolute atomic E-state index is 0.117. The lowest BCUT2D eigenvalue weighted by atomic mass is 10.4. The van der Waals surface area contributed by atoms with E-state index < -0.39 is 18.3 Å². The zero-order valence-corrected chi connectivity index (χ0v) is 9.06. The third-order valence-electron chi connectivity index (χ3n) is 1.76. The molecule has 0 aliphatic carbocycles. The Kier molecular flexibility index (Phi) is 3.79. The summed E-state index contributed by atoms with van der Waals surface area (Å²) in [6.07, 6.45) is -3.28. The van der Waals surface area contributed by atoms with Gasteiger partial charge in [-0.2, -0.15) is 18.3 Å². The van der Waals surface area contributed by atoms with Crippen molar-refractivity contribution in [1.29, 1.82) is 0 Å². The van der Waals surface area contributed by atoms with Crippen LogP contribution in [0.5, 0.6) is 0 Å². The molecule has 1 N–H and O–H groups in total. The van der Waals surface area contributed by atoms with Gasteiger partial charge >= 0.3 is 6.18 Å². The van der Waals surface area contributed by atoms with Gasteiger partial charge in [0.2, 0.25) is 0 Å². The fourth-order valence-corrected chi connectivity index (χ4v) is 1.22. The molecule has 0 aromatic carbocycles. The molecule has 0 amide bonds. The van der Waals surface area contributed by atoms with E-state index in [2.05, 4.69) is 5.10 Å². The van der Waals surface area contributed by atoms with Gasteiger partial charge in [-0.3, -0.25) is 4.79 Å². The molecule has 0 spiro atoms. The molecular weight excluding hydrogens is 247 g/mol. The highest BCUT2D eigenvalue weighted by Crippen LogP contribution is 2.19. The number of hydrogen-bond acceptors (Lipinski definition) is 3. The third-order valence-corrected chi connectivity index (χ3v) is 2.13. The van der Waals surface area contributed by atoms with Crippen LogP contribution >= 0.6 is 11.6 Å². The van der Waals surface area contributed by atoms with E-state index in [1.165, 1.54) is 0 Å². The molecule has 0 fully saturated rings. The lowest BCUT2D eigenvalue weighted by Gasteiger charge is -2.11. The van der Waals surface area contributed by atoms with Gasteiger partial charge in [0.05, 0.1) is 11.9 Å². The van der Waals surface area contributed by atoms with Crippen LogP contribution in [0.15, 0.2) is 11.0 Å². The lowest BCUT2D eigenvalue weighted by Crippen LogP contribution is -2.26. The fourth-order valence-electron chi connectivity index (χ4n) is 1.01. The molecule has 8 heteroatoms. The molecule has 0 bridgehead atoms. The SMILES string of the molecule is CCn1ncc(NCC(F)(F)F)c(Cl)c1=O. The summed E-state index contributed by atoms with van der Waals surface area (Å²) in [5.74, 6) is 0. The van der Waals surface area contributed by atoms with Crippen LogP contribution in [0.2, 0.25) is 5.02 Å². The number of hydrogen-bond donors (Lipinski definition) is 1. The molecule has 4 nitrogen and oxygen atoms in total. The number of alkyl halides is 3. The van der Waals surface area contributed by atoms with Gasteiger partial charge in [0.25, 0.3) is 5.56 Å². The second-order valence-corrected chi connectivity index (χ2v) is 3.34. The number of halogens is 4. The first-order valence-electron chi connectivity index (χ1n) is 4.41. The van der Waals surface area contributed by atoms with Gasteiger partial charge < -0.3 is 5.32 Å². The normalized spacial score (nSPS) is 11.6. The van der Waals surface area contributed by atoms with Gasteiger partial charge in [-0.05, 0) is 6.92 Å². The van der Waals surface area contributed by atoms with Gasteiger partial charge in [-0.15, -0.1) is 0 Å². The molecule has 0 atom stereocenters. The summed E-state index contributed by atoms with van der Waals surface area (Å²) < 4.78 is 36.8. The maximum atomic E-state index is 11.9. The molecule has 0 saturated carbocycles. The molecule has 1 aromatic rings. The van der Waals surface area contributed by atoms with Crippen LogP contribution in [0.4, 0.5) is 18.9 Å². The smallest absolute Gasteiger partial charge is 0.374 e. The van der Waals surface area contributed by atoms with Crippen LogP contribution in [0, 0.1) is 0 Å². The highest BCUT2D eigenvalue weighted by atomic mass is 35.5. The van der Waals surface area contributed by atoms with Gasteiger partial charge in [-0.25, -0.2) is 4.68 Å². The standard InChI is InChI=1S/C8H9ClF3N3O/c1-2-15-7(16)6(9)5(3-14-15)13-4-8(10,11)12/h3,13H,2,4H2,1H3. The molecule has 0 saturated heterocycles. The van der Waals surface area contributed by atoms with Crippen molar-refractivity contribution in [2.45, 2.75) is 19.6 Å². The van der Waals surface area contributed by atoms with Gasteiger partial charge in [0.15, 0.2) is 0 Å². The largest absolute Gasteiger partial charge is 0.405 e. The van der Waals surface area contributed by atoms with E-state index in [0.717, 1.165) is 10.9 Å². The topological polar surface area (TPSA) is 46.9 Å². The van der Waals surface area contributed by atoms with Crippen LogP contribution in [0.3, 0.4) is 0 Å². The Morgan fingerprint density at radius 1 is 1.56 bits per heavy atom. The van der Waals surface area contributed by atoms with Gasteiger partial charge in [-0.1, -0.05) is 11.6 Å². The van der Waals surface area contributed by atoms with Crippen LogP contribution < -0.4 is 10.9 Å². The van der Waals surface area contributed by atoms with Gasteiger partial charge in [0.1, 0.15) is 11.6 Å². The second kappa shape index (κ2) is 4.73. The summed E-state index contributed by atoms with van der Waals surface area (Å²) in [5.41, 5.74) is -0.731. The lowest BCUT2D eigenvalue weighted by molar-refractivity contribution is -0.115. The number of aryl methyl sites for hydroxylation is 1. The summed E-state index contributed by atoms with van der Waals surface area (Å²) in [6.45, 7) is 0.718. The number of anilines is 1. The first kappa shape index (κ1) is 12.8. The molecule has 0 aliphatic rings.